The first-order valence-corrected chi connectivity index (χ1v) is 7.61. The van der Waals surface area contributed by atoms with Gasteiger partial charge in [-0.2, -0.15) is 0 Å². The number of ketones is 1. The van der Waals surface area contributed by atoms with E-state index in [0.717, 1.165) is 27.5 Å². The van der Waals surface area contributed by atoms with Crippen LogP contribution in [0, 0.1) is 17.0 Å². The molecule has 2 aromatic carbocycles. The van der Waals surface area contributed by atoms with E-state index in [2.05, 4.69) is 20.9 Å². The molecular weight excluding hydrogens is 380 g/mol. The van der Waals surface area contributed by atoms with E-state index in [4.69, 9.17) is 0 Å². The zero-order valence-corrected chi connectivity index (χ0v) is 13.9. The second-order valence-electron chi connectivity index (χ2n) is 5.26. The summed E-state index contributed by atoms with van der Waals surface area (Å²) in [7, 11) is 0. The first kappa shape index (κ1) is 16.0. The van der Waals surface area contributed by atoms with Gasteiger partial charge < -0.3 is 15.2 Å². The van der Waals surface area contributed by atoms with Gasteiger partial charge in [-0.3, -0.25) is 14.9 Å². The molecule has 0 aliphatic heterocycles. The smallest absolute Gasteiger partial charge is 0.315 e. The molecule has 1 aromatic heterocycles. The highest BCUT2D eigenvalue weighted by molar-refractivity contribution is 9.10. The van der Waals surface area contributed by atoms with Crippen LogP contribution in [0.2, 0.25) is 0 Å². The number of carbonyl (C=O) groups is 1. The zero-order chi connectivity index (χ0) is 17.6. The molecule has 8 heteroatoms. The molecule has 3 N–H and O–H groups in total. The second kappa shape index (κ2) is 5.64. The van der Waals surface area contributed by atoms with Gasteiger partial charge in [-0.05, 0) is 36.8 Å². The molecule has 7 nitrogen and oxygen atoms in total. The molecule has 3 rings (SSSR count). The summed E-state index contributed by atoms with van der Waals surface area (Å²) in [6.45, 7) is 1.76. The molecule has 0 aliphatic rings. The summed E-state index contributed by atoms with van der Waals surface area (Å²) in [5.41, 5.74) is 0.881. The summed E-state index contributed by atoms with van der Waals surface area (Å²) in [4.78, 5) is 25.8. The highest BCUT2D eigenvalue weighted by Crippen LogP contribution is 2.37. The van der Waals surface area contributed by atoms with E-state index in [0.29, 0.717) is 5.56 Å². The van der Waals surface area contributed by atoms with Crippen molar-refractivity contribution in [1.82, 2.24) is 4.98 Å². The standard InChI is InChI=1S/C16H11BrN2O5/c1-7-10-6-9(17)2-3-11(10)18-14(7)15(21)8-4-12(19(23)24)16(22)13(20)5-8/h2-6,18,20,22H,1H3. The van der Waals surface area contributed by atoms with Crippen LogP contribution in [-0.2, 0) is 0 Å². The first-order chi connectivity index (χ1) is 11.3. The van der Waals surface area contributed by atoms with E-state index in [1.807, 2.05) is 12.1 Å². The Labute approximate surface area is 143 Å². The number of phenolic OH excluding ortho intramolecular Hbond substituents is 2. The summed E-state index contributed by atoms with van der Waals surface area (Å²) < 4.78 is 0.856. The highest BCUT2D eigenvalue weighted by atomic mass is 79.9. The van der Waals surface area contributed by atoms with Crippen molar-refractivity contribution in [3.05, 3.63) is 61.7 Å². The number of rotatable bonds is 3. The molecule has 0 saturated heterocycles. The van der Waals surface area contributed by atoms with Gasteiger partial charge in [0.25, 0.3) is 0 Å². The van der Waals surface area contributed by atoms with Crippen molar-refractivity contribution in [2.24, 2.45) is 0 Å². The van der Waals surface area contributed by atoms with Crippen LogP contribution in [0.4, 0.5) is 5.69 Å². The quantitative estimate of drug-likeness (QED) is 0.272. The maximum atomic E-state index is 12.7. The van der Waals surface area contributed by atoms with Crippen molar-refractivity contribution in [1.29, 1.82) is 0 Å². The van der Waals surface area contributed by atoms with Gasteiger partial charge in [0.2, 0.25) is 11.5 Å². The number of nitrogens with one attached hydrogen (secondary N) is 1. The Morgan fingerprint density at radius 1 is 1.25 bits per heavy atom. The normalized spacial score (nSPS) is 10.9. The minimum atomic E-state index is -0.867. The van der Waals surface area contributed by atoms with E-state index in [1.165, 1.54) is 0 Å². The van der Waals surface area contributed by atoms with E-state index < -0.39 is 27.9 Å². The lowest BCUT2D eigenvalue weighted by Crippen LogP contribution is -2.04. The number of phenols is 2. The molecular formula is C16H11BrN2O5. The largest absolute Gasteiger partial charge is 0.504 e. The minimum absolute atomic E-state index is 0.0919. The van der Waals surface area contributed by atoms with Gasteiger partial charge in [-0.25, -0.2) is 0 Å². The van der Waals surface area contributed by atoms with E-state index >= 15 is 0 Å². The number of aromatic amines is 1. The predicted molar refractivity (Wildman–Crippen MR) is 90.6 cm³/mol. The lowest BCUT2D eigenvalue weighted by atomic mass is 10.0. The molecule has 0 bridgehead atoms. The van der Waals surface area contributed by atoms with Crippen LogP contribution in [0.3, 0.4) is 0 Å². The molecule has 24 heavy (non-hydrogen) atoms. The highest BCUT2D eigenvalue weighted by Gasteiger charge is 2.24. The fraction of sp³-hybridized carbons (Fsp3) is 0.0625. The maximum absolute atomic E-state index is 12.7. The Morgan fingerprint density at radius 2 is 1.96 bits per heavy atom. The van der Waals surface area contributed by atoms with Crippen LogP contribution in [0.5, 0.6) is 11.5 Å². The van der Waals surface area contributed by atoms with Gasteiger partial charge in [-0.1, -0.05) is 15.9 Å². The number of aryl methyl sites for hydroxylation is 1. The number of carbonyl (C=O) groups excluding carboxylic acids is 1. The second-order valence-corrected chi connectivity index (χ2v) is 6.18. The van der Waals surface area contributed by atoms with Crippen molar-refractivity contribution in [2.45, 2.75) is 6.92 Å². The van der Waals surface area contributed by atoms with Crippen LogP contribution >= 0.6 is 15.9 Å². The lowest BCUT2D eigenvalue weighted by molar-refractivity contribution is -0.386. The number of aromatic nitrogens is 1. The fourth-order valence-corrected chi connectivity index (χ4v) is 2.91. The topological polar surface area (TPSA) is 116 Å². The fourth-order valence-electron chi connectivity index (χ4n) is 2.54. The SMILES string of the molecule is Cc1c(C(=O)c2cc(O)c(O)c([N+](=O)[O-])c2)[nH]c2ccc(Br)cc12. The van der Waals surface area contributed by atoms with E-state index in [-0.39, 0.29) is 11.3 Å². The Balaban J connectivity index is 2.16. The Morgan fingerprint density at radius 3 is 2.62 bits per heavy atom. The summed E-state index contributed by atoms with van der Waals surface area (Å²) >= 11 is 3.37. The third-order valence-electron chi connectivity index (χ3n) is 3.78. The predicted octanol–water partition coefficient (Wildman–Crippen LogP) is 3.79. The van der Waals surface area contributed by atoms with Crippen LogP contribution in [0.1, 0.15) is 21.6 Å². The first-order valence-electron chi connectivity index (χ1n) is 6.82. The van der Waals surface area contributed by atoms with Crippen LogP contribution in [0.15, 0.2) is 34.8 Å². The molecule has 0 radical (unpaired) electrons. The van der Waals surface area contributed by atoms with E-state index in [9.17, 15) is 25.1 Å². The van der Waals surface area contributed by atoms with Crippen molar-refractivity contribution in [2.75, 3.05) is 0 Å². The average Bonchev–Trinajstić information content (AvgIpc) is 2.85. The number of hydrogen-bond acceptors (Lipinski definition) is 5. The number of nitrogens with zero attached hydrogens (tertiary/aromatic N) is 1. The number of nitro benzene ring substituents is 1. The molecule has 0 unspecified atom stereocenters. The van der Waals surface area contributed by atoms with Gasteiger partial charge in [0, 0.05) is 27.0 Å². The molecule has 1 heterocycles. The Bertz CT molecular complexity index is 1010. The summed E-state index contributed by atoms with van der Waals surface area (Å²) in [6, 6.07) is 7.43. The molecule has 3 aromatic rings. The number of H-pyrrole nitrogens is 1. The summed E-state index contributed by atoms with van der Waals surface area (Å²) in [5.74, 6) is -2.10. The van der Waals surface area contributed by atoms with Gasteiger partial charge >= 0.3 is 5.69 Å². The molecule has 0 spiro atoms. The molecule has 0 atom stereocenters. The number of aromatic hydroxyl groups is 2. The van der Waals surface area contributed by atoms with Crippen LogP contribution in [-0.4, -0.2) is 25.9 Å². The lowest BCUT2D eigenvalue weighted by Gasteiger charge is -2.04. The Kier molecular flexibility index (Phi) is 3.76. The zero-order valence-electron chi connectivity index (χ0n) is 12.3. The summed E-state index contributed by atoms with van der Waals surface area (Å²) in [5, 5.41) is 31.0. The summed E-state index contributed by atoms with van der Waals surface area (Å²) in [6.07, 6.45) is 0. The number of hydrogen-bond donors (Lipinski definition) is 3. The minimum Gasteiger partial charge on any atom is -0.504 e. The van der Waals surface area contributed by atoms with E-state index in [1.54, 1.807) is 13.0 Å². The van der Waals surface area contributed by atoms with Gasteiger partial charge in [0.05, 0.1) is 10.6 Å². The van der Waals surface area contributed by atoms with Gasteiger partial charge in [0.1, 0.15) is 0 Å². The van der Waals surface area contributed by atoms with Gasteiger partial charge in [-0.15, -0.1) is 0 Å². The number of nitro groups is 1. The molecule has 0 saturated carbocycles. The van der Waals surface area contributed by atoms with Crippen molar-refractivity contribution >= 4 is 38.3 Å². The molecule has 0 aliphatic carbocycles. The van der Waals surface area contributed by atoms with Crippen LogP contribution < -0.4 is 0 Å². The van der Waals surface area contributed by atoms with Crippen LogP contribution in [0.25, 0.3) is 10.9 Å². The number of fused-ring (bicyclic) bond motifs is 1. The molecule has 122 valence electrons. The van der Waals surface area contributed by atoms with Gasteiger partial charge in [0.15, 0.2) is 5.75 Å². The Hall–Kier alpha value is -2.87. The average molecular weight is 391 g/mol. The molecule has 0 amide bonds. The molecule has 0 fully saturated rings. The maximum Gasteiger partial charge on any atom is 0.315 e. The third-order valence-corrected chi connectivity index (χ3v) is 4.27. The third kappa shape index (κ3) is 2.50. The van der Waals surface area contributed by atoms with Crippen molar-refractivity contribution < 1.29 is 19.9 Å². The number of halogens is 1. The number of benzene rings is 2. The van der Waals surface area contributed by atoms with Crippen molar-refractivity contribution in [3.8, 4) is 11.5 Å². The van der Waals surface area contributed by atoms with Crippen molar-refractivity contribution in [3.63, 3.8) is 0 Å². The monoisotopic (exact) mass is 390 g/mol.